The molecule has 3 aromatic rings. The highest BCUT2D eigenvalue weighted by atomic mass is 16.6. The summed E-state index contributed by atoms with van der Waals surface area (Å²) in [6.45, 7) is 7.35. The zero-order chi connectivity index (χ0) is 27.4. The van der Waals surface area contributed by atoms with Gasteiger partial charge in [0.1, 0.15) is 25.0 Å². The van der Waals surface area contributed by atoms with E-state index in [1.165, 1.54) is 0 Å². The van der Waals surface area contributed by atoms with Crippen molar-refractivity contribution in [1.82, 2.24) is 5.32 Å². The second-order valence-corrected chi connectivity index (χ2v) is 10.3. The molecule has 2 amide bonds. The first kappa shape index (κ1) is 26.6. The minimum atomic E-state index is -0.886. The molecule has 1 aliphatic carbocycles. The number of aryl methyl sites for hydroxylation is 2. The van der Waals surface area contributed by atoms with Gasteiger partial charge in [0.2, 0.25) is 5.91 Å². The third kappa shape index (κ3) is 6.03. The van der Waals surface area contributed by atoms with Crippen LogP contribution in [-0.4, -0.2) is 37.7 Å². The minimum absolute atomic E-state index is 0.105. The zero-order valence-electron chi connectivity index (χ0n) is 22.9. The molecule has 39 heavy (non-hydrogen) atoms. The van der Waals surface area contributed by atoms with Gasteiger partial charge in [-0.3, -0.25) is 14.5 Å². The van der Waals surface area contributed by atoms with Gasteiger partial charge in [-0.2, -0.15) is 0 Å². The van der Waals surface area contributed by atoms with Crippen molar-refractivity contribution in [2.45, 2.75) is 58.5 Å². The SMILES string of the molecule is CCOc1ccc([C@H](C(=O)NC2CCCC2)N(C(=O)c2ccc3c(c2)OCCO3)c2cc(C)cc(C)c2)cc1. The van der Waals surface area contributed by atoms with Crippen molar-refractivity contribution in [3.8, 4) is 17.2 Å². The van der Waals surface area contributed by atoms with E-state index >= 15 is 0 Å². The minimum Gasteiger partial charge on any atom is -0.494 e. The van der Waals surface area contributed by atoms with Crippen molar-refractivity contribution in [2.24, 2.45) is 0 Å². The van der Waals surface area contributed by atoms with E-state index in [1.807, 2.05) is 57.2 Å². The molecule has 1 aliphatic heterocycles. The zero-order valence-corrected chi connectivity index (χ0v) is 22.9. The van der Waals surface area contributed by atoms with Crippen LogP contribution < -0.4 is 24.4 Å². The molecule has 0 aromatic heterocycles. The molecule has 2 aliphatic rings. The average molecular weight is 529 g/mol. The molecule has 7 nitrogen and oxygen atoms in total. The van der Waals surface area contributed by atoms with E-state index in [-0.39, 0.29) is 17.9 Å². The fourth-order valence-electron chi connectivity index (χ4n) is 5.47. The van der Waals surface area contributed by atoms with E-state index in [0.29, 0.717) is 53.9 Å². The molecule has 0 saturated heterocycles. The Morgan fingerprint density at radius 1 is 0.923 bits per heavy atom. The van der Waals surface area contributed by atoms with Crippen LogP contribution in [0.15, 0.2) is 60.7 Å². The van der Waals surface area contributed by atoms with Crippen LogP contribution in [0.4, 0.5) is 5.69 Å². The number of amides is 2. The van der Waals surface area contributed by atoms with E-state index in [1.54, 1.807) is 23.1 Å². The Hall–Kier alpha value is -4.00. The Bertz CT molecular complexity index is 1310. The smallest absolute Gasteiger partial charge is 0.259 e. The molecule has 5 rings (SSSR count). The molecule has 204 valence electrons. The van der Waals surface area contributed by atoms with Crippen molar-refractivity contribution in [3.05, 3.63) is 82.9 Å². The van der Waals surface area contributed by atoms with Gasteiger partial charge in [0.15, 0.2) is 11.5 Å². The summed E-state index contributed by atoms with van der Waals surface area (Å²) in [5, 5.41) is 3.24. The van der Waals surface area contributed by atoms with Gasteiger partial charge in [0.25, 0.3) is 5.91 Å². The summed E-state index contributed by atoms with van der Waals surface area (Å²) in [7, 11) is 0. The van der Waals surface area contributed by atoms with Gasteiger partial charge in [-0.05, 0) is 92.8 Å². The molecular formula is C32H36N2O5. The van der Waals surface area contributed by atoms with Gasteiger partial charge in [-0.1, -0.05) is 31.0 Å². The summed E-state index contributed by atoms with van der Waals surface area (Å²) < 4.78 is 17.1. The molecule has 3 aromatic carbocycles. The highest BCUT2D eigenvalue weighted by molar-refractivity contribution is 6.10. The van der Waals surface area contributed by atoms with Gasteiger partial charge in [-0.25, -0.2) is 0 Å². The number of nitrogens with zero attached hydrogens (tertiary/aromatic N) is 1. The quantitative estimate of drug-likeness (QED) is 0.393. The van der Waals surface area contributed by atoms with Gasteiger partial charge in [-0.15, -0.1) is 0 Å². The molecule has 1 heterocycles. The summed E-state index contributed by atoms with van der Waals surface area (Å²) in [4.78, 5) is 30.1. The summed E-state index contributed by atoms with van der Waals surface area (Å²) in [6.07, 6.45) is 4.08. The molecular weight excluding hydrogens is 492 g/mol. The third-order valence-corrected chi connectivity index (χ3v) is 7.21. The molecule has 1 fully saturated rings. The second-order valence-electron chi connectivity index (χ2n) is 10.3. The van der Waals surface area contributed by atoms with Gasteiger partial charge in [0, 0.05) is 17.3 Å². The summed E-state index contributed by atoms with van der Waals surface area (Å²) in [5.74, 6) is 1.36. The van der Waals surface area contributed by atoms with Crippen LogP contribution >= 0.6 is 0 Å². The summed E-state index contributed by atoms with van der Waals surface area (Å²) in [5.41, 5.74) is 3.80. The van der Waals surface area contributed by atoms with Crippen molar-refractivity contribution in [1.29, 1.82) is 0 Å². The first-order valence-electron chi connectivity index (χ1n) is 13.8. The van der Waals surface area contributed by atoms with Crippen LogP contribution in [-0.2, 0) is 4.79 Å². The predicted molar refractivity (Wildman–Crippen MR) is 151 cm³/mol. The number of benzene rings is 3. The molecule has 7 heteroatoms. The van der Waals surface area contributed by atoms with Gasteiger partial charge < -0.3 is 19.5 Å². The van der Waals surface area contributed by atoms with E-state index in [9.17, 15) is 9.59 Å². The first-order valence-corrected chi connectivity index (χ1v) is 13.8. The van der Waals surface area contributed by atoms with Crippen LogP contribution in [0.5, 0.6) is 17.2 Å². The maximum Gasteiger partial charge on any atom is 0.259 e. The number of hydrogen-bond acceptors (Lipinski definition) is 5. The van der Waals surface area contributed by atoms with Crippen molar-refractivity contribution >= 4 is 17.5 Å². The number of fused-ring (bicyclic) bond motifs is 1. The van der Waals surface area contributed by atoms with Gasteiger partial charge >= 0.3 is 0 Å². The van der Waals surface area contributed by atoms with Gasteiger partial charge in [0.05, 0.1) is 6.61 Å². The Morgan fingerprint density at radius 2 is 1.59 bits per heavy atom. The second kappa shape index (κ2) is 11.8. The first-order chi connectivity index (χ1) is 18.9. The Labute approximate surface area is 230 Å². The van der Waals surface area contributed by atoms with E-state index in [2.05, 4.69) is 11.4 Å². The summed E-state index contributed by atoms with van der Waals surface area (Å²) >= 11 is 0. The number of rotatable bonds is 8. The molecule has 0 spiro atoms. The van der Waals surface area contributed by atoms with Crippen LogP contribution in [0.2, 0.25) is 0 Å². The molecule has 1 N–H and O–H groups in total. The lowest BCUT2D eigenvalue weighted by Crippen LogP contribution is -2.46. The lowest BCUT2D eigenvalue weighted by atomic mass is 9.99. The molecule has 0 bridgehead atoms. The number of hydrogen-bond donors (Lipinski definition) is 1. The number of ether oxygens (including phenoxy) is 3. The monoisotopic (exact) mass is 528 g/mol. The fraction of sp³-hybridized carbons (Fsp3) is 0.375. The normalized spacial score (nSPS) is 15.5. The summed E-state index contributed by atoms with van der Waals surface area (Å²) in [6, 6.07) is 17.8. The highest BCUT2D eigenvalue weighted by Gasteiger charge is 2.35. The van der Waals surface area contributed by atoms with Crippen molar-refractivity contribution in [3.63, 3.8) is 0 Å². The van der Waals surface area contributed by atoms with Crippen LogP contribution in [0.25, 0.3) is 0 Å². The lowest BCUT2D eigenvalue weighted by Gasteiger charge is -2.33. The van der Waals surface area contributed by atoms with Crippen LogP contribution in [0.3, 0.4) is 0 Å². The van der Waals surface area contributed by atoms with E-state index in [0.717, 1.165) is 36.8 Å². The van der Waals surface area contributed by atoms with Crippen LogP contribution in [0, 0.1) is 13.8 Å². The number of carbonyl (C=O) groups is 2. The number of carbonyl (C=O) groups excluding carboxylic acids is 2. The predicted octanol–water partition coefficient (Wildman–Crippen LogP) is 5.92. The molecule has 0 radical (unpaired) electrons. The van der Waals surface area contributed by atoms with E-state index in [4.69, 9.17) is 14.2 Å². The number of nitrogens with one attached hydrogen (secondary N) is 1. The molecule has 0 unspecified atom stereocenters. The van der Waals surface area contributed by atoms with Crippen molar-refractivity contribution < 1.29 is 23.8 Å². The Kier molecular flexibility index (Phi) is 8.05. The van der Waals surface area contributed by atoms with Crippen molar-refractivity contribution in [2.75, 3.05) is 24.7 Å². The third-order valence-electron chi connectivity index (χ3n) is 7.21. The number of anilines is 1. The maximum absolute atomic E-state index is 14.4. The lowest BCUT2D eigenvalue weighted by molar-refractivity contribution is -0.123. The average Bonchev–Trinajstić information content (AvgIpc) is 3.44. The largest absolute Gasteiger partial charge is 0.494 e. The molecule has 1 saturated carbocycles. The molecule has 1 atom stereocenters. The highest BCUT2D eigenvalue weighted by Crippen LogP contribution is 2.36. The maximum atomic E-state index is 14.4. The Balaban J connectivity index is 1.62. The fourth-order valence-corrected chi connectivity index (χ4v) is 5.47. The van der Waals surface area contributed by atoms with Crippen LogP contribution in [0.1, 0.15) is 65.7 Å². The van der Waals surface area contributed by atoms with E-state index < -0.39 is 6.04 Å². The Morgan fingerprint density at radius 3 is 2.26 bits per heavy atom. The standard InChI is InChI=1S/C32H36N2O5/c1-4-37-27-12-9-23(10-13-27)30(31(35)33-25-7-5-6-8-25)34(26-18-21(2)17-22(3)19-26)32(36)24-11-14-28-29(20-24)39-16-15-38-28/h9-14,17-20,25,30H,4-8,15-16H2,1-3H3,(H,33,35)/t30-/m1/s1. The topological polar surface area (TPSA) is 77.1 Å².